The van der Waals surface area contributed by atoms with Crippen molar-refractivity contribution in [1.29, 1.82) is 0 Å². The molecule has 0 radical (unpaired) electrons. The second kappa shape index (κ2) is 16.6. The molecule has 0 fully saturated rings. The van der Waals surface area contributed by atoms with E-state index in [1.807, 2.05) is 0 Å². The van der Waals surface area contributed by atoms with E-state index in [2.05, 4.69) is 20.9 Å². The predicted octanol–water partition coefficient (Wildman–Crippen LogP) is -4.20. The molecule has 3 amide bonds. The van der Waals surface area contributed by atoms with E-state index in [1.54, 1.807) is 0 Å². The number of carboxylic acid groups (broad SMARTS) is 1. The molecule has 0 heterocycles. The third-order valence-electron chi connectivity index (χ3n) is 5.02. The number of carboxylic acids is 1. The van der Waals surface area contributed by atoms with Crippen LogP contribution in [-0.2, 0) is 19.2 Å². The van der Waals surface area contributed by atoms with E-state index < -0.39 is 60.1 Å². The van der Waals surface area contributed by atoms with Crippen molar-refractivity contribution >= 4 is 29.7 Å². The summed E-state index contributed by atoms with van der Waals surface area (Å²) >= 11 is 0. The van der Waals surface area contributed by atoms with E-state index in [9.17, 15) is 34.5 Å². The minimum absolute atomic E-state index is 0.0250. The summed E-state index contributed by atoms with van der Waals surface area (Å²) in [6.07, 6.45) is -1.15. The molecule has 0 aliphatic heterocycles. The first-order chi connectivity index (χ1) is 16.3. The summed E-state index contributed by atoms with van der Waals surface area (Å²) in [6, 6.07) is -5.29. The maximum atomic E-state index is 12.9. The Balaban J connectivity index is 5.54. The molecular weight excluding hydrogens is 464 g/mol. The predicted molar refractivity (Wildman–Crippen MR) is 128 cm³/mol. The molecule has 0 aliphatic carbocycles. The Kier molecular flexibility index (Phi) is 15.2. The van der Waals surface area contributed by atoms with E-state index in [4.69, 9.17) is 22.9 Å². The number of nitrogens with zero attached hydrogens (tertiary/aromatic N) is 1. The monoisotopic (exact) mass is 504 g/mol. The van der Waals surface area contributed by atoms with Gasteiger partial charge < -0.3 is 54.2 Å². The van der Waals surface area contributed by atoms with Gasteiger partial charge in [-0.2, -0.15) is 0 Å². The van der Waals surface area contributed by atoms with Gasteiger partial charge in [0.1, 0.15) is 24.2 Å². The zero-order valence-corrected chi connectivity index (χ0v) is 20.1. The topological polar surface area (TPSA) is 282 Å². The summed E-state index contributed by atoms with van der Waals surface area (Å²) in [7, 11) is 0. The van der Waals surface area contributed by atoms with Crippen molar-refractivity contribution in [2.75, 3.05) is 13.1 Å². The lowest BCUT2D eigenvalue weighted by molar-refractivity contribution is -0.142. The summed E-state index contributed by atoms with van der Waals surface area (Å²) in [6.45, 7) is 3.03. The van der Waals surface area contributed by atoms with Gasteiger partial charge >= 0.3 is 5.97 Å². The minimum Gasteiger partial charge on any atom is -0.480 e. The quantitative estimate of drug-likeness (QED) is 0.0514. The van der Waals surface area contributed by atoms with Crippen LogP contribution in [-0.4, -0.2) is 94.4 Å². The van der Waals surface area contributed by atoms with Crippen LogP contribution < -0.4 is 38.9 Å². The van der Waals surface area contributed by atoms with E-state index in [0.717, 1.165) is 0 Å². The summed E-state index contributed by atoms with van der Waals surface area (Å²) in [4.78, 5) is 53.2. The molecule has 0 aromatic heterocycles. The normalized spacial score (nSPS) is 16.1. The van der Waals surface area contributed by atoms with E-state index in [0.29, 0.717) is 19.4 Å². The van der Waals surface area contributed by atoms with Crippen molar-refractivity contribution in [2.45, 2.75) is 82.3 Å². The van der Waals surface area contributed by atoms with Crippen molar-refractivity contribution in [3.05, 3.63) is 0 Å². The van der Waals surface area contributed by atoms with Gasteiger partial charge in [0.25, 0.3) is 0 Å². The molecule has 35 heavy (non-hydrogen) atoms. The number of aliphatic hydroxyl groups excluding tert-OH is 2. The van der Waals surface area contributed by atoms with Crippen LogP contribution in [0.2, 0.25) is 0 Å². The van der Waals surface area contributed by atoms with Crippen LogP contribution in [0.5, 0.6) is 0 Å². The number of aliphatic hydroxyl groups is 2. The molecule has 6 unspecified atom stereocenters. The number of nitrogens with two attached hydrogens (primary N) is 4. The number of aliphatic carboxylic acids is 1. The lowest BCUT2D eigenvalue weighted by Crippen LogP contribution is -2.60. The Morgan fingerprint density at radius 3 is 1.89 bits per heavy atom. The number of unbranched alkanes of at least 4 members (excludes halogenated alkanes) is 1. The van der Waals surface area contributed by atoms with Crippen molar-refractivity contribution < 1.29 is 34.5 Å². The molecular formula is C20H40N8O7. The largest absolute Gasteiger partial charge is 0.480 e. The number of hydrogen-bond acceptors (Lipinski definition) is 9. The van der Waals surface area contributed by atoms with Crippen molar-refractivity contribution in [1.82, 2.24) is 16.0 Å². The summed E-state index contributed by atoms with van der Waals surface area (Å²) in [5.74, 6) is -3.99. The number of hydrogen-bond donors (Lipinski definition) is 10. The number of carbonyl (C=O) groups is 4. The Hall–Kier alpha value is -3.01. The maximum absolute atomic E-state index is 12.9. The van der Waals surface area contributed by atoms with Crippen LogP contribution in [0.4, 0.5) is 0 Å². The van der Waals surface area contributed by atoms with Crippen LogP contribution in [0.25, 0.3) is 0 Å². The summed E-state index contributed by atoms with van der Waals surface area (Å²) < 4.78 is 0. The highest BCUT2D eigenvalue weighted by Gasteiger charge is 2.32. The SMILES string of the molecule is CC(O)C(N)C(=O)NC(C(=O)NC(CCCN=C(N)N)C(=O)NC(CCCCN)C(=O)O)C(C)O. The number of guanidine groups is 1. The van der Waals surface area contributed by atoms with Gasteiger partial charge in [0.05, 0.1) is 12.2 Å². The average molecular weight is 505 g/mol. The smallest absolute Gasteiger partial charge is 0.326 e. The molecule has 202 valence electrons. The van der Waals surface area contributed by atoms with Gasteiger partial charge in [-0.25, -0.2) is 4.79 Å². The number of rotatable bonds is 17. The fourth-order valence-corrected chi connectivity index (χ4v) is 2.93. The van der Waals surface area contributed by atoms with E-state index in [-0.39, 0.29) is 31.8 Å². The first-order valence-electron chi connectivity index (χ1n) is 11.3. The fourth-order valence-electron chi connectivity index (χ4n) is 2.93. The molecule has 0 bridgehead atoms. The Morgan fingerprint density at radius 2 is 1.40 bits per heavy atom. The molecule has 0 aromatic rings. The van der Waals surface area contributed by atoms with Crippen molar-refractivity contribution in [3.63, 3.8) is 0 Å². The van der Waals surface area contributed by atoms with Gasteiger partial charge in [-0.05, 0) is 52.5 Å². The minimum atomic E-state index is -1.50. The zero-order chi connectivity index (χ0) is 27.1. The number of aliphatic imine (C=N–C) groups is 1. The highest BCUT2D eigenvalue weighted by atomic mass is 16.4. The lowest BCUT2D eigenvalue weighted by Gasteiger charge is -2.26. The van der Waals surface area contributed by atoms with E-state index >= 15 is 0 Å². The molecule has 15 nitrogen and oxygen atoms in total. The third-order valence-corrected chi connectivity index (χ3v) is 5.02. The molecule has 0 aliphatic rings. The highest BCUT2D eigenvalue weighted by Crippen LogP contribution is 2.06. The van der Waals surface area contributed by atoms with Gasteiger partial charge in [-0.3, -0.25) is 19.4 Å². The molecule has 0 aromatic carbocycles. The van der Waals surface area contributed by atoms with Crippen LogP contribution >= 0.6 is 0 Å². The molecule has 15 heteroatoms. The maximum Gasteiger partial charge on any atom is 0.326 e. The molecule has 0 saturated carbocycles. The Labute approximate surface area is 204 Å². The molecule has 0 rings (SSSR count). The van der Waals surface area contributed by atoms with Gasteiger partial charge in [0.2, 0.25) is 17.7 Å². The van der Waals surface area contributed by atoms with Crippen molar-refractivity contribution in [3.8, 4) is 0 Å². The van der Waals surface area contributed by atoms with Crippen LogP contribution in [0.15, 0.2) is 4.99 Å². The zero-order valence-electron chi connectivity index (χ0n) is 20.1. The van der Waals surface area contributed by atoms with Gasteiger partial charge in [0, 0.05) is 6.54 Å². The van der Waals surface area contributed by atoms with Crippen LogP contribution in [0, 0.1) is 0 Å². The first-order valence-corrected chi connectivity index (χ1v) is 11.3. The van der Waals surface area contributed by atoms with Crippen LogP contribution in [0.1, 0.15) is 46.0 Å². The van der Waals surface area contributed by atoms with Crippen molar-refractivity contribution in [2.24, 2.45) is 27.9 Å². The second-order valence-corrected chi connectivity index (χ2v) is 8.19. The average Bonchev–Trinajstić information content (AvgIpc) is 2.77. The summed E-state index contributed by atoms with van der Waals surface area (Å²) in [5, 5.41) is 36.0. The number of carbonyl (C=O) groups excluding carboxylic acids is 3. The lowest BCUT2D eigenvalue weighted by atomic mass is 10.1. The van der Waals surface area contributed by atoms with E-state index in [1.165, 1.54) is 13.8 Å². The van der Waals surface area contributed by atoms with Gasteiger partial charge in [-0.15, -0.1) is 0 Å². The fraction of sp³-hybridized carbons (Fsp3) is 0.750. The third kappa shape index (κ3) is 12.9. The standard InChI is InChI=1S/C20H40N8O7/c1-10(29)14(22)17(32)28-15(11(2)30)18(33)26-12(7-5-9-25-20(23)24)16(31)27-13(19(34)35)6-3-4-8-21/h10-15,29-30H,3-9,21-22H2,1-2H3,(H,26,33)(H,27,31)(H,28,32)(H,34,35)(H4,23,24,25). The summed E-state index contributed by atoms with van der Waals surface area (Å²) in [5.41, 5.74) is 21.5. The Bertz CT molecular complexity index is 728. The molecule has 0 spiro atoms. The van der Waals surface area contributed by atoms with Gasteiger partial charge in [0.15, 0.2) is 5.96 Å². The number of amides is 3. The highest BCUT2D eigenvalue weighted by molar-refractivity contribution is 5.94. The van der Waals surface area contributed by atoms with Crippen LogP contribution in [0.3, 0.4) is 0 Å². The number of nitrogens with one attached hydrogen (secondary N) is 3. The molecule has 0 saturated heterocycles. The second-order valence-electron chi connectivity index (χ2n) is 8.19. The van der Waals surface area contributed by atoms with Gasteiger partial charge in [-0.1, -0.05) is 0 Å². The molecule has 6 atom stereocenters. The Morgan fingerprint density at radius 1 is 0.829 bits per heavy atom. The first kappa shape index (κ1) is 32.0. The molecule has 14 N–H and O–H groups in total.